The highest BCUT2D eigenvalue weighted by Crippen LogP contribution is 2.16. The summed E-state index contributed by atoms with van der Waals surface area (Å²) < 4.78 is 1.79. The van der Waals surface area contributed by atoms with Gasteiger partial charge in [-0.1, -0.05) is 6.92 Å². The van der Waals surface area contributed by atoms with E-state index in [2.05, 4.69) is 5.10 Å². The molecule has 3 nitrogen and oxygen atoms in total. The molecule has 12 heavy (non-hydrogen) atoms. The lowest BCUT2D eigenvalue weighted by molar-refractivity contribution is 0.300. The van der Waals surface area contributed by atoms with Crippen molar-refractivity contribution in [3.8, 4) is 0 Å². The molecular formula is C8H14N2OS. The lowest BCUT2D eigenvalue weighted by Gasteiger charge is -2.04. The molecule has 0 spiro atoms. The van der Waals surface area contributed by atoms with Gasteiger partial charge in [0.15, 0.2) is 0 Å². The van der Waals surface area contributed by atoms with Crippen LogP contribution in [-0.2, 0) is 12.8 Å². The number of hydrogen-bond acceptors (Lipinski definition) is 3. The van der Waals surface area contributed by atoms with Gasteiger partial charge in [0.1, 0.15) is 0 Å². The largest absolute Gasteiger partial charge is 0.395 e. The molecule has 1 N–H and O–H groups in total. The van der Waals surface area contributed by atoms with Gasteiger partial charge in [-0.15, -0.1) is 0 Å². The van der Waals surface area contributed by atoms with E-state index in [0.29, 0.717) is 5.25 Å². The summed E-state index contributed by atoms with van der Waals surface area (Å²) >= 11 is 1.74. The summed E-state index contributed by atoms with van der Waals surface area (Å²) in [6, 6.07) is 0. The molecule has 1 unspecified atom stereocenters. The third-order valence-electron chi connectivity index (χ3n) is 1.55. The Morgan fingerprint density at radius 2 is 2.50 bits per heavy atom. The summed E-state index contributed by atoms with van der Waals surface area (Å²) in [7, 11) is 1.91. The third-order valence-corrected chi connectivity index (χ3v) is 2.77. The molecule has 4 heteroatoms. The Morgan fingerprint density at radius 1 is 1.75 bits per heavy atom. The van der Waals surface area contributed by atoms with Crippen molar-refractivity contribution in [2.24, 2.45) is 7.05 Å². The first-order valence-electron chi connectivity index (χ1n) is 3.92. The van der Waals surface area contributed by atoms with Crippen LogP contribution in [0.15, 0.2) is 12.4 Å². The normalized spacial score (nSPS) is 13.2. The molecule has 1 aromatic heterocycles. The van der Waals surface area contributed by atoms with E-state index in [1.807, 2.05) is 26.4 Å². The number of thioether (sulfide) groups is 1. The Bertz CT molecular complexity index is 237. The molecule has 0 aliphatic carbocycles. The first kappa shape index (κ1) is 9.61. The lowest BCUT2D eigenvalue weighted by atomic mass is 10.4. The number of aryl methyl sites for hydroxylation is 1. The van der Waals surface area contributed by atoms with Gasteiger partial charge < -0.3 is 5.11 Å². The molecule has 0 aliphatic heterocycles. The monoisotopic (exact) mass is 186 g/mol. The van der Waals surface area contributed by atoms with Crippen molar-refractivity contribution in [2.75, 3.05) is 6.61 Å². The van der Waals surface area contributed by atoms with E-state index >= 15 is 0 Å². The molecule has 0 fully saturated rings. The maximum Gasteiger partial charge on any atom is 0.0547 e. The van der Waals surface area contributed by atoms with Crippen LogP contribution >= 0.6 is 11.8 Å². The van der Waals surface area contributed by atoms with Gasteiger partial charge in [0.2, 0.25) is 0 Å². The highest BCUT2D eigenvalue weighted by atomic mass is 32.2. The van der Waals surface area contributed by atoms with Gasteiger partial charge in [0.05, 0.1) is 12.8 Å². The van der Waals surface area contributed by atoms with Crippen molar-refractivity contribution in [3.63, 3.8) is 0 Å². The average molecular weight is 186 g/mol. The van der Waals surface area contributed by atoms with Crippen LogP contribution in [0.1, 0.15) is 12.5 Å². The minimum absolute atomic E-state index is 0.241. The van der Waals surface area contributed by atoms with Crippen LogP contribution < -0.4 is 0 Å². The summed E-state index contributed by atoms with van der Waals surface area (Å²) in [6.45, 7) is 2.26. The number of rotatable bonds is 4. The topological polar surface area (TPSA) is 38.1 Å². The summed E-state index contributed by atoms with van der Waals surface area (Å²) in [4.78, 5) is 0. The minimum Gasteiger partial charge on any atom is -0.395 e. The second-order valence-electron chi connectivity index (χ2n) is 2.83. The van der Waals surface area contributed by atoms with Gasteiger partial charge in [-0.3, -0.25) is 4.68 Å². The quantitative estimate of drug-likeness (QED) is 0.763. The van der Waals surface area contributed by atoms with E-state index in [1.165, 1.54) is 5.56 Å². The van der Waals surface area contributed by atoms with Crippen LogP contribution in [0.25, 0.3) is 0 Å². The second-order valence-corrected chi connectivity index (χ2v) is 4.25. The number of aromatic nitrogens is 2. The van der Waals surface area contributed by atoms with E-state index in [4.69, 9.17) is 5.11 Å². The molecule has 0 amide bonds. The number of nitrogens with zero attached hydrogens (tertiary/aromatic N) is 2. The fourth-order valence-corrected chi connectivity index (χ4v) is 1.57. The molecule has 0 aliphatic rings. The molecule has 0 aromatic carbocycles. The van der Waals surface area contributed by atoms with Crippen LogP contribution in [0.2, 0.25) is 0 Å². The van der Waals surface area contributed by atoms with Crippen LogP contribution in [0.4, 0.5) is 0 Å². The zero-order valence-electron chi connectivity index (χ0n) is 7.40. The zero-order valence-corrected chi connectivity index (χ0v) is 8.21. The van der Waals surface area contributed by atoms with E-state index in [1.54, 1.807) is 16.4 Å². The minimum atomic E-state index is 0.241. The van der Waals surface area contributed by atoms with E-state index < -0.39 is 0 Å². The molecule has 1 heterocycles. The predicted octanol–water partition coefficient (Wildman–Crippen LogP) is 1.03. The zero-order chi connectivity index (χ0) is 8.97. The number of aliphatic hydroxyl groups excluding tert-OH is 1. The van der Waals surface area contributed by atoms with Gasteiger partial charge in [-0.2, -0.15) is 16.9 Å². The van der Waals surface area contributed by atoms with Crippen molar-refractivity contribution < 1.29 is 5.11 Å². The van der Waals surface area contributed by atoms with Gasteiger partial charge in [-0.25, -0.2) is 0 Å². The molecule has 0 saturated heterocycles. The maximum atomic E-state index is 8.78. The van der Waals surface area contributed by atoms with Gasteiger partial charge in [0.25, 0.3) is 0 Å². The van der Waals surface area contributed by atoms with Gasteiger partial charge >= 0.3 is 0 Å². The van der Waals surface area contributed by atoms with Crippen molar-refractivity contribution in [2.45, 2.75) is 17.9 Å². The van der Waals surface area contributed by atoms with Crippen molar-refractivity contribution >= 4 is 11.8 Å². The van der Waals surface area contributed by atoms with Crippen molar-refractivity contribution in [3.05, 3.63) is 18.0 Å². The highest BCUT2D eigenvalue weighted by Gasteiger charge is 2.01. The van der Waals surface area contributed by atoms with Crippen LogP contribution in [-0.4, -0.2) is 26.7 Å². The first-order valence-corrected chi connectivity index (χ1v) is 4.97. The summed E-state index contributed by atoms with van der Waals surface area (Å²) in [5.41, 5.74) is 1.21. The SMILES string of the molecule is CC(CO)SCc1cnn(C)c1. The molecule has 1 rings (SSSR count). The second kappa shape index (κ2) is 4.52. The van der Waals surface area contributed by atoms with Crippen LogP contribution in [0.5, 0.6) is 0 Å². The number of hydrogen-bond donors (Lipinski definition) is 1. The lowest BCUT2D eigenvalue weighted by Crippen LogP contribution is -2.01. The third kappa shape index (κ3) is 2.87. The Labute approximate surface area is 76.8 Å². The van der Waals surface area contributed by atoms with E-state index in [0.717, 1.165) is 5.75 Å². The summed E-state index contributed by atoms with van der Waals surface area (Å²) in [6.07, 6.45) is 3.86. The van der Waals surface area contributed by atoms with Crippen molar-refractivity contribution in [1.82, 2.24) is 9.78 Å². The van der Waals surface area contributed by atoms with Gasteiger partial charge in [-0.05, 0) is 5.56 Å². The molecule has 1 aromatic rings. The molecule has 0 bridgehead atoms. The molecule has 68 valence electrons. The van der Waals surface area contributed by atoms with E-state index in [9.17, 15) is 0 Å². The Kier molecular flexibility index (Phi) is 3.62. The maximum absolute atomic E-state index is 8.78. The Morgan fingerprint density at radius 3 is 3.00 bits per heavy atom. The summed E-state index contributed by atoms with van der Waals surface area (Å²) in [5.74, 6) is 0.926. The van der Waals surface area contributed by atoms with Crippen molar-refractivity contribution in [1.29, 1.82) is 0 Å². The van der Waals surface area contributed by atoms with Crippen LogP contribution in [0.3, 0.4) is 0 Å². The Balaban J connectivity index is 2.33. The highest BCUT2D eigenvalue weighted by molar-refractivity contribution is 7.99. The number of aliphatic hydroxyl groups is 1. The molecule has 1 atom stereocenters. The molecule has 0 saturated carbocycles. The standard InChI is InChI=1S/C8H14N2OS/c1-7(5-11)12-6-8-3-9-10(2)4-8/h3-4,7,11H,5-6H2,1-2H3. The predicted molar refractivity (Wildman–Crippen MR) is 51.1 cm³/mol. The van der Waals surface area contributed by atoms with E-state index in [-0.39, 0.29) is 6.61 Å². The molecule has 0 radical (unpaired) electrons. The van der Waals surface area contributed by atoms with Gasteiger partial charge in [0, 0.05) is 24.2 Å². The Hall–Kier alpha value is -0.480. The van der Waals surface area contributed by atoms with Crippen LogP contribution in [0, 0.1) is 0 Å². The fourth-order valence-electron chi connectivity index (χ4n) is 0.838. The average Bonchev–Trinajstić information content (AvgIpc) is 2.47. The fraction of sp³-hybridized carbons (Fsp3) is 0.625. The smallest absolute Gasteiger partial charge is 0.0547 e. The first-order chi connectivity index (χ1) is 5.72. The molecular weight excluding hydrogens is 172 g/mol. The summed E-state index contributed by atoms with van der Waals surface area (Å²) in [5, 5.41) is 13.1.